The van der Waals surface area contributed by atoms with Crippen LogP contribution < -0.4 is 0 Å². The number of hydrogen-bond acceptors (Lipinski definition) is 1. The first kappa shape index (κ1) is 11.2. The summed E-state index contributed by atoms with van der Waals surface area (Å²) in [5.41, 5.74) is 2.74. The Balaban J connectivity index is 1.76. The van der Waals surface area contributed by atoms with E-state index in [4.69, 9.17) is 0 Å². The van der Waals surface area contributed by atoms with Crippen molar-refractivity contribution in [1.29, 1.82) is 0 Å². The molecule has 0 amide bonds. The molecule has 4 rings (SSSR count). The molecule has 1 aromatic rings. The number of allylic oxidation sites excluding steroid dienone is 4. The number of carbonyl (C=O) groups excluding carboxylic acids is 1. The maximum absolute atomic E-state index is 12.1. The third kappa shape index (κ3) is 1.57. The van der Waals surface area contributed by atoms with Crippen molar-refractivity contribution < 1.29 is 4.79 Å². The number of rotatable bonds is 1. The van der Waals surface area contributed by atoms with Crippen molar-refractivity contribution >= 4 is 5.78 Å². The van der Waals surface area contributed by atoms with E-state index in [0.717, 1.165) is 24.8 Å². The molecule has 0 radical (unpaired) electrons. The van der Waals surface area contributed by atoms with Crippen molar-refractivity contribution in [2.24, 2.45) is 11.3 Å². The molecule has 0 aromatic heterocycles. The van der Waals surface area contributed by atoms with Gasteiger partial charge in [-0.1, -0.05) is 48.6 Å². The van der Waals surface area contributed by atoms with Gasteiger partial charge in [-0.25, -0.2) is 0 Å². The van der Waals surface area contributed by atoms with Gasteiger partial charge in [0.15, 0.2) is 5.78 Å². The zero-order chi connectivity index (χ0) is 12.9. The summed E-state index contributed by atoms with van der Waals surface area (Å²) >= 11 is 0. The van der Waals surface area contributed by atoms with E-state index in [-0.39, 0.29) is 5.41 Å². The van der Waals surface area contributed by atoms with E-state index in [0.29, 0.717) is 17.6 Å². The second-order valence-electron chi connectivity index (χ2n) is 6.26. The van der Waals surface area contributed by atoms with Crippen LogP contribution in [-0.2, 0) is 4.79 Å². The first-order chi connectivity index (χ1) is 9.28. The predicted molar refractivity (Wildman–Crippen MR) is 75.8 cm³/mol. The molecular formula is C18H18O. The molecule has 96 valence electrons. The SMILES string of the molecule is O=C1CCC23CC(C=CC=C12)C(c1ccccc1)C3. The Kier molecular flexibility index (Phi) is 2.32. The predicted octanol–water partition coefficient (Wildman–Crippen LogP) is 4.03. The maximum Gasteiger partial charge on any atom is 0.159 e. The molecular weight excluding hydrogens is 232 g/mol. The molecule has 3 unspecified atom stereocenters. The highest BCUT2D eigenvalue weighted by atomic mass is 16.1. The normalized spacial score (nSPS) is 36.0. The molecule has 2 saturated carbocycles. The van der Waals surface area contributed by atoms with Gasteiger partial charge in [-0.3, -0.25) is 4.79 Å². The molecule has 1 heteroatoms. The van der Waals surface area contributed by atoms with Gasteiger partial charge in [-0.2, -0.15) is 0 Å². The topological polar surface area (TPSA) is 17.1 Å². The van der Waals surface area contributed by atoms with Crippen LogP contribution in [0.4, 0.5) is 0 Å². The van der Waals surface area contributed by atoms with E-state index in [2.05, 4.69) is 48.6 Å². The lowest BCUT2D eigenvalue weighted by atomic mass is 9.79. The van der Waals surface area contributed by atoms with Crippen LogP contribution in [0.15, 0.2) is 54.1 Å². The molecule has 0 saturated heterocycles. The van der Waals surface area contributed by atoms with Gasteiger partial charge in [0.1, 0.15) is 0 Å². The molecule has 2 bridgehead atoms. The zero-order valence-electron chi connectivity index (χ0n) is 11.0. The van der Waals surface area contributed by atoms with Crippen LogP contribution in [-0.4, -0.2) is 5.78 Å². The van der Waals surface area contributed by atoms with Crippen LogP contribution in [0.2, 0.25) is 0 Å². The summed E-state index contributed by atoms with van der Waals surface area (Å²) in [4.78, 5) is 12.1. The summed E-state index contributed by atoms with van der Waals surface area (Å²) in [6, 6.07) is 10.8. The van der Waals surface area contributed by atoms with E-state index in [9.17, 15) is 4.79 Å². The number of Topliss-reactive ketones (excluding diaryl/α,β-unsaturated/α-hetero) is 1. The minimum Gasteiger partial charge on any atom is -0.295 e. The molecule has 19 heavy (non-hydrogen) atoms. The summed E-state index contributed by atoms with van der Waals surface area (Å²) in [6.07, 6.45) is 10.7. The van der Waals surface area contributed by atoms with Crippen molar-refractivity contribution in [3.05, 3.63) is 59.7 Å². The monoisotopic (exact) mass is 250 g/mol. The summed E-state index contributed by atoms with van der Waals surface area (Å²) < 4.78 is 0. The third-order valence-corrected chi connectivity index (χ3v) is 5.31. The summed E-state index contributed by atoms with van der Waals surface area (Å²) in [5.74, 6) is 1.58. The molecule has 1 nitrogen and oxygen atoms in total. The lowest BCUT2D eigenvalue weighted by Gasteiger charge is -2.24. The second-order valence-corrected chi connectivity index (χ2v) is 6.26. The lowest BCUT2D eigenvalue weighted by molar-refractivity contribution is -0.114. The Morgan fingerprint density at radius 1 is 1.11 bits per heavy atom. The first-order valence-electron chi connectivity index (χ1n) is 7.26. The van der Waals surface area contributed by atoms with Crippen LogP contribution in [0.1, 0.15) is 37.2 Å². The van der Waals surface area contributed by atoms with Crippen molar-refractivity contribution in [3.8, 4) is 0 Å². The van der Waals surface area contributed by atoms with Gasteiger partial charge in [0.05, 0.1) is 0 Å². The summed E-state index contributed by atoms with van der Waals surface area (Å²) in [5, 5.41) is 0. The highest BCUT2D eigenvalue weighted by Gasteiger charge is 2.52. The quantitative estimate of drug-likeness (QED) is 0.735. The minimum absolute atomic E-state index is 0.186. The van der Waals surface area contributed by atoms with Crippen molar-refractivity contribution in [2.45, 2.75) is 31.6 Å². The van der Waals surface area contributed by atoms with Crippen LogP contribution >= 0.6 is 0 Å². The van der Waals surface area contributed by atoms with E-state index < -0.39 is 0 Å². The van der Waals surface area contributed by atoms with Crippen LogP contribution in [0.5, 0.6) is 0 Å². The van der Waals surface area contributed by atoms with Gasteiger partial charge in [-0.05, 0) is 36.7 Å². The Hall–Kier alpha value is -1.63. The van der Waals surface area contributed by atoms with Gasteiger partial charge >= 0.3 is 0 Å². The van der Waals surface area contributed by atoms with E-state index in [1.807, 2.05) is 0 Å². The van der Waals surface area contributed by atoms with Gasteiger partial charge in [0.2, 0.25) is 0 Å². The fourth-order valence-corrected chi connectivity index (χ4v) is 4.42. The Morgan fingerprint density at radius 3 is 2.79 bits per heavy atom. The molecule has 1 aromatic carbocycles. The van der Waals surface area contributed by atoms with Gasteiger partial charge < -0.3 is 0 Å². The molecule has 0 N–H and O–H groups in total. The molecule has 0 aliphatic heterocycles. The van der Waals surface area contributed by atoms with Gasteiger partial charge in [0, 0.05) is 17.4 Å². The fourth-order valence-electron chi connectivity index (χ4n) is 4.42. The largest absolute Gasteiger partial charge is 0.295 e. The number of fused-ring (bicyclic) bond motifs is 1. The van der Waals surface area contributed by atoms with Crippen LogP contribution in [0, 0.1) is 11.3 Å². The molecule has 0 heterocycles. The fraction of sp³-hybridized carbons (Fsp3) is 0.389. The molecule has 3 aliphatic rings. The first-order valence-corrected chi connectivity index (χ1v) is 7.26. The van der Waals surface area contributed by atoms with Crippen LogP contribution in [0.25, 0.3) is 0 Å². The van der Waals surface area contributed by atoms with Crippen molar-refractivity contribution in [2.75, 3.05) is 0 Å². The highest BCUT2D eigenvalue weighted by molar-refractivity contribution is 5.99. The van der Waals surface area contributed by atoms with E-state index >= 15 is 0 Å². The smallest absolute Gasteiger partial charge is 0.159 e. The summed E-state index contributed by atoms with van der Waals surface area (Å²) in [7, 11) is 0. The average Bonchev–Trinajstić information content (AvgIpc) is 2.86. The highest BCUT2D eigenvalue weighted by Crippen LogP contribution is 2.60. The Labute approximate surface area is 114 Å². The molecule has 3 atom stereocenters. The zero-order valence-corrected chi connectivity index (χ0v) is 11.0. The molecule has 2 fully saturated rings. The number of ketones is 1. The molecule has 1 spiro atoms. The Morgan fingerprint density at radius 2 is 1.95 bits per heavy atom. The second kappa shape index (κ2) is 3.93. The number of benzene rings is 1. The standard InChI is InChI=1S/C18H18O/c19-17-9-10-18-11-14(7-4-8-16(17)18)15(12-18)13-5-2-1-3-6-13/h1-8,14-15H,9-12H2. The number of carbonyl (C=O) groups is 1. The third-order valence-electron chi connectivity index (χ3n) is 5.31. The lowest BCUT2D eigenvalue weighted by Crippen LogP contribution is -2.16. The average molecular weight is 250 g/mol. The van der Waals surface area contributed by atoms with Crippen molar-refractivity contribution in [1.82, 2.24) is 0 Å². The summed E-state index contributed by atoms with van der Waals surface area (Å²) in [6.45, 7) is 0. The van der Waals surface area contributed by atoms with Crippen LogP contribution in [0.3, 0.4) is 0 Å². The van der Waals surface area contributed by atoms with Gasteiger partial charge in [0.25, 0.3) is 0 Å². The minimum atomic E-state index is 0.186. The van der Waals surface area contributed by atoms with Gasteiger partial charge in [-0.15, -0.1) is 0 Å². The molecule has 3 aliphatic carbocycles. The van der Waals surface area contributed by atoms with E-state index in [1.165, 1.54) is 12.0 Å². The van der Waals surface area contributed by atoms with Crippen molar-refractivity contribution in [3.63, 3.8) is 0 Å². The van der Waals surface area contributed by atoms with E-state index in [1.54, 1.807) is 0 Å². The number of hydrogen-bond donors (Lipinski definition) is 0. The Bertz CT molecular complexity index is 581. The maximum atomic E-state index is 12.1.